The Balaban J connectivity index is 1.65. The van der Waals surface area contributed by atoms with E-state index in [-0.39, 0.29) is 23.8 Å². The van der Waals surface area contributed by atoms with E-state index in [0.29, 0.717) is 11.5 Å². The summed E-state index contributed by atoms with van der Waals surface area (Å²) in [5.74, 6) is 0.807. The van der Waals surface area contributed by atoms with Gasteiger partial charge in [-0.1, -0.05) is 44.9 Å². The summed E-state index contributed by atoms with van der Waals surface area (Å²) >= 11 is 0. The number of allylic oxidation sites excluding steroid dienone is 2. The molecule has 1 saturated carbocycles. The van der Waals surface area contributed by atoms with Gasteiger partial charge in [0.1, 0.15) is 11.4 Å². The van der Waals surface area contributed by atoms with Crippen molar-refractivity contribution in [3.05, 3.63) is 58.4 Å². The Morgan fingerprint density at radius 3 is 2.75 bits per heavy atom. The lowest BCUT2D eigenvalue weighted by atomic mass is 9.45. The Morgan fingerprint density at radius 2 is 1.96 bits per heavy atom. The number of fused-ring (bicyclic) bond motifs is 5. The van der Waals surface area contributed by atoms with Crippen LogP contribution in [0, 0.1) is 17.8 Å². The molecule has 1 aromatic rings. The van der Waals surface area contributed by atoms with E-state index in [1.807, 2.05) is 30.3 Å². The zero-order valence-electron chi connectivity index (χ0n) is 16.5. The summed E-state index contributed by atoms with van der Waals surface area (Å²) in [7, 11) is 0. The topological polar surface area (TPSA) is 52.6 Å². The molecule has 4 atom stereocenters. The number of carbonyl (C=O) groups excluding carboxylic acids is 2. The van der Waals surface area contributed by atoms with Gasteiger partial charge in [0.15, 0.2) is 0 Å². The molecule has 2 aliphatic carbocycles. The highest BCUT2D eigenvalue weighted by atomic mass is 16.6. The van der Waals surface area contributed by atoms with E-state index in [1.54, 1.807) is 0 Å². The van der Waals surface area contributed by atoms with Crippen molar-refractivity contribution in [1.29, 1.82) is 0 Å². The number of carbonyl (C=O) groups is 2. The van der Waals surface area contributed by atoms with Crippen molar-refractivity contribution < 1.29 is 19.1 Å². The van der Waals surface area contributed by atoms with Gasteiger partial charge in [0.2, 0.25) is 0 Å². The van der Waals surface area contributed by atoms with Crippen LogP contribution in [0.4, 0.5) is 0 Å². The maximum atomic E-state index is 12.9. The molecule has 2 aliphatic heterocycles. The Kier molecular flexibility index (Phi) is 4.01. The van der Waals surface area contributed by atoms with Gasteiger partial charge in [-0.05, 0) is 43.7 Å². The normalized spacial score (nSPS) is 34.1. The van der Waals surface area contributed by atoms with E-state index in [0.717, 1.165) is 61.0 Å². The molecule has 0 radical (unpaired) electrons. The molecular formula is C24H26O4. The highest BCUT2D eigenvalue weighted by Gasteiger charge is 2.71. The number of cyclic esters (lactones) is 1. The number of esters is 2. The minimum Gasteiger partial charge on any atom is -0.450 e. The first kappa shape index (κ1) is 17.7. The predicted octanol–water partition coefficient (Wildman–Crippen LogP) is 5.05. The van der Waals surface area contributed by atoms with E-state index in [1.165, 1.54) is 0 Å². The first-order valence-corrected chi connectivity index (χ1v) is 10.6. The summed E-state index contributed by atoms with van der Waals surface area (Å²) in [6, 6.07) is 7.71. The van der Waals surface area contributed by atoms with E-state index in [9.17, 15) is 9.59 Å². The molecule has 2 heterocycles. The van der Waals surface area contributed by atoms with Crippen molar-refractivity contribution in [2.24, 2.45) is 17.8 Å². The van der Waals surface area contributed by atoms with Gasteiger partial charge in [-0.2, -0.15) is 0 Å². The van der Waals surface area contributed by atoms with Gasteiger partial charge in [-0.3, -0.25) is 0 Å². The van der Waals surface area contributed by atoms with Crippen molar-refractivity contribution >= 4 is 11.9 Å². The number of hydrogen-bond acceptors (Lipinski definition) is 4. The van der Waals surface area contributed by atoms with Crippen molar-refractivity contribution in [1.82, 2.24) is 0 Å². The molecule has 5 rings (SSSR count). The molecule has 0 saturated heterocycles. The molecule has 4 aliphatic rings. The predicted molar refractivity (Wildman–Crippen MR) is 104 cm³/mol. The quantitative estimate of drug-likeness (QED) is 0.688. The van der Waals surface area contributed by atoms with Gasteiger partial charge in [0, 0.05) is 23.0 Å². The van der Waals surface area contributed by atoms with Gasteiger partial charge in [-0.15, -0.1) is 0 Å². The Bertz CT molecular complexity index is 924. The zero-order chi connectivity index (χ0) is 19.5. The van der Waals surface area contributed by atoms with Crippen LogP contribution < -0.4 is 0 Å². The molecule has 4 heteroatoms. The standard InChI is InChI=1S/C24H26O4/c1-3-5-11-19-16-13-12-14-17(8-4-2)24(21(14)20(16)23(26)27-19)18-10-7-6-9-15(18)22(25)28-24/h6-7,9-11,14,17,21H,3-5,8,12-13H2,1-2H3/b19-11-/t14-,17+,21?,24-/m1/s1. The molecule has 1 spiro atoms. The molecule has 0 aromatic heterocycles. The van der Waals surface area contributed by atoms with Crippen LogP contribution in [0.15, 0.2) is 47.2 Å². The third-order valence-electron chi connectivity index (χ3n) is 7.09. The summed E-state index contributed by atoms with van der Waals surface area (Å²) < 4.78 is 11.8. The summed E-state index contributed by atoms with van der Waals surface area (Å²) in [4.78, 5) is 25.6. The zero-order valence-corrected chi connectivity index (χ0v) is 16.5. The maximum Gasteiger partial charge on any atom is 0.340 e. The van der Waals surface area contributed by atoms with Crippen LogP contribution in [0.1, 0.15) is 68.3 Å². The number of hydrogen-bond donors (Lipinski definition) is 0. The van der Waals surface area contributed by atoms with E-state index in [4.69, 9.17) is 9.47 Å². The fourth-order valence-corrected chi connectivity index (χ4v) is 6.08. The molecule has 1 fully saturated rings. The summed E-state index contributed by atoms with van der Waals surface area (Å²) in [5, 5.41) is 0. The van der Waals surface area contributed by atoms with Crippen LogP contribution in [0.25, 0.3) is 0 Å². The largest absolute Gasteiger partial charge is 0.450 e. The lowest BCUT2D eigenvalue weighted by Gasteiger charge is -2.60. The van der Waals surface area contributed by atoms with Gasteiger partial charge >= 0.3 is 11.9 Å². The van der Waals surface area contributed by atoms with Gasteiger partial charge < -0.3 is 9.47 Å². The van der Waals surface area contributed by atoms with Crippen molar-refractivity contribution in [3.63, 3.8) is 0 Å². The summed E-state index contributed by atoms with van der Waals surface area (Å²) in [5.41, 5.74) is 2.74. The molecule has 146 valence electrons. The number of rotatable bonds is 4. The highest BCUT2D eigenvalue weighted by molar-refractivity contribution is 5.98. The Morgan fingerprint density at radius 1 is 1.14 bits per heavy atom. The van der Waals surface area contributed by atoms with Crippen LogP contribution in [0.5, 0.6) is 0 Å². The minimum atomic E-state index is -0.700. The van der Waals surface area contributed by atoms with Crippen LogP contribution in [-0.2, 0) is 19.9 Å². The first-order chi connectivity index (χ1) is 13.6. The highest BCUT2D eigenvalue weighted by Crippen LogP contribution is 2.69. The molecule has 1 unspecified atom stereocenters. The SMILES string of the molecule is CCC/C=C1\OC(=O)C2=C1CC[C@H]1C2[C@@]2(OC(=O)c3ccccc32)[C@H]1CCC. The second-order valence-electron chi connectivity index (χ2n) is 8.44. The Labute approximate surface area is 165 Å². The maximum absolute atomic E-state index is 12.9. The third-order valence-corrected chi connectivity index (χ3v) is 7.09. The smallest absolute Gasteiger partial charge is 0.340 e. The van der Waals surface area contributed by atoms with Crippen LogP contribution in [0.2, 0.25) is 0 Å². The van der Waals surface area contributed by atoms with Crippen LogP contribution in [0.3, 0.4) is 0 Å². The number of benzene rings is 1. The monoisotopic (exact) mass is 378 g/mol. The second kappa shape index (κ2) is 6.33. The van der Waals surface area contributed by atoms with E-state index >= 15 is 0 Å². The number of ether oxygens (including phenoxy) is 2. The third kappa shape index (κ3) is 2.12. The van der Waals surface area contributed by atoms with Gasteiger partial charge in [-0.25, -0.2) is 9.59 Å². The molecule has 4 nitrogen and oxygen atoms in total. The molecule has 0 N–H and O–H groups in total. The molecule has 28 heavy (non-hydrogen) atoms. The second-order valence-corrected chi connectivity index (χ2v) is 8.44. The molecule has 1 aromatic carbocycles. The van der Waals surface area contributed by atoms with Crippen LogP contribution in [-0.4, -0.2) is 11.9 Å². The summed E-state index contributed by atoms with van der Waals surface area (Å²) in [6.07, 6.45) is 7.90. The van der Waals surface area contributed by atoms with Crippen molar-refractivity contribution in [3.8, 4) is 0 Å². The first-order valence-electron chi connectivity index (χ1n) is 10.6. The molecule has 0 bridgehead atoms. The molecular weight excluding hydrogens is 352 g/mol. The number of unbranched alkanes of at least 4 members (excludes halogenated alkanes) is 1. The van der Waals surface area contributed by atoms with Crippen molar-refractivity contribution in [2.75, 3.05) is 0 Å². The fraction of sp³-hybridized carbons (Fsp3) is 0.500. The molecule has 0 amide bonds. The van der Waals surface area contributed by atoms with Gasteiger partial charge in [0.05, 0.1) is 11.1 Å². The van der Waals surface area contributed by atoms with E-state index < -0.39 is 5.60 Å². The van der Waals surface area contributed by atoms with Crippen molar-refractivity contribution in [2.45, 2.75) is 58.0 Å². The Hall–Kier alpha value is -2.36. The lowest BCUT2D eigenvalue weighted by Crippen LogP contribution is -2.62. The lowest BCUT2D eigenvalue weighted by molar-refractivity contribution is -0.195. The fourth-order valence-electron chi connectivity index (χ4n) is 6.08. The average Bonchev–Trinajstić information content (AvgIpc) is 3.19. The summed E-state index contributed by atoms with van der Waals surface area (Å²) in [6.45, 7) is 4.29. The van der Waals surface area contributed by atoms with Gasteiger partial charge in [0.25, 0.3) is 0 Å². The average molecular weight is 378 g/mol. The minimum absolute atomic E-state index is 0.0829. The van der Waals surface area contributed by atoms with Crippen LogP contribution >= 0.6 is 0 Å². The van der Waals surface area contributed by atoms with E-state index in [2.05, 4.69) is 13.8 Å².